The van der Waals surface area contributed by atoms with Gasteiger partial charge in [-0.05, 0) is 19.9 Å². The lowest BCUT2D eigenvalue weighted by atomic mass is 10.3. The molecule has 1 aliphatic carbocycles. The van der Waals surface area contributed by atoms with Crippen molar-refractivity contribution in [1.29, 1.82) is 0 Å². The molecule has 0 radical (unpaired) electrons. The number of aromatic nitrogens is 2. The summed E-state index contributed by atoms with van der Waals surface area (Å²) in [5.41, 5.74) is 0. The second-order valence-corrected chi connectivity index (χ2v) is 5.48. The monoisotopic (exact) mass is 224 g/mol. The van der Waals surface area contributed by atoms with Crippen molar-refractivity contribution in [2.45, 2.75) is 18.8 Å². The van der Waals surface area contributed by atoms with Crippen molar-refractivity contribution in [2.75, 3.05) is 38.1 Å². The van der Waals surface area contributed by atoms with E-state index in [4.69, 9.17) is 0 Å². The van der Waals surface area contributed by atoms with Crippen molar-refractivity contribution in [2.24, 2.45) is 0 Å². The molecule has 1 saturated carbocycles. The van der Waals surface area contributed by atoms with Crippen LogP contribution in [0.3, 0.4) is 0 Å². The van der Waals surface area contributed by atoms with Crippen LogP contribution in [0.1, 0.15) is 23.8 Å². The topological polar surface area (TPSA) is 32.3 Å². The van der Waals surface area contributed by atoms with Crippen molar-refractivity contribution < 1.29 is 0 Å². The summed E-state index contributed by atoms with van der Waals surface area (Å²) < 4.78 is 0. The first-order valence-corrected chi connectivity index (χ1v) is 6.41. The number of nitrogens with zero attached hydrogens (tertiary/aromatic N) is 4. The van der Waals surface area contributed by atoms with E-state index in [-0.39, 0.29) is 0 Å². The maximum absolute atomic E-state index is 4.30. The summed E-state index contributed by atoms with van der Waals surface area (Å²) in [6, 6.07) is 0. The molecule has 0 N–H and O–H groups in total. The molecule has 0 unspecified atom stereocenters. The van der Waals surface area contributed by atoms with E-state index in [1.807, 2.05) is 0 Å². The Kier molecular flexibility index (Phi) is 2.36. The molecule has 0 atom stereocenters. The first kappa shape index (κ1) is 9.54. The summed E-state index contributed by atoms with van der Waals surface area (Å²) >= 11 is 1.80. The summed E-state index contributed by atoms with van der Waals surface area (Å²) in [6.45, 7) is 4.46. The molecule has 0 bridgehead atoms. The van der Waals surface area contributed by atoms with Gasteiger partial charge in [0.2, 0.25) is 5.13 Å². The van der Waals surface area contributed by atoms with Crippen LogP contribution < -0.4 is 4.90 Å². The Morgan fingerprint density at radius 3 is 2.53 bits per heavy atom. The summed E-state index contributed by atoms with van der Waals surface area (Å²) in [5.74, 6) is 0.740. The quantitative estimate of drug-likeness (QED) is 0.755. The van der Waals surface area contributed by atoms with E-state index in [2.05, 4.69) is 27.0 Å². The second kappa shape index (κ2) is 3.72. The number of likely N-dealkylation sites (N-methyl/N-ethyl adjacent to an activating group) is 1. The SMILES string of the molecule is CN1CCN(c2nnc(C3CC3)s2)CC1. The van der Waals surface area contributed by atoms with Crippen molar-refractivity contribution in [3.63, 3.8) is 0 Å². The van der Waals surface area contributed by atoms with Gasteiger partial charge >= 0.3 is 0 Å². The number of piperazine rings is 1. The highest BCUT2D eigenvalue weighted by Gasteiger charge is 2.28. The average Bonchev–Trinajstić information content (AvgIpc) is 2.99. The average molecular weight is 224 g/mol. The van der Waals surface area contributed by atoms with Crippen molar-refractivity contribution in [3.8, 4) is 0 Å². The van der Waals surface area contributed by atoms with Crippen molar-refractivity contribution in [3.05, 3.63) is 5.01 Å². The molecule has 0 spiro atoms. The molecule has 82 valence electrons. The lowest BCUT2D eigenvalue weighted by molar-refractivity contribution is 0.312. The van der Waals surface area contributed by atoms with Gasteiger partial charge in [-0.2, -0.15) is 0 Å². The number of hydrogen-bond acceptors (Lipinski definition) is 5. The van der Waals surface area contributed by atoms with E-state index in [0.717, 1.165) is 37.2 Å². The Hall–Kier alpha value is -0.680. The van der Waals surface area contributed by atoms with Gasteiger partial charge in [-0.3, -0.25) is 0 Å². The van der Waals surface area contributed by atoms with Crippen LogP contribution in [0.2, 0.25) is 0 Å². The fourth-order valence-electron chi connectivity index (χ4n) is 1.85. The molecule has 3 rings (SSSR count). The first-order valence-electron chi connectivity index (χ1n) is 5.60. The lowest BCUT2D eigenvalue weighted by Gasteiger charge is -2.31. The molecule has 15 heavy (non-hydrogen) atoms. The molecule has 0 aromatic carbocycles. The zero-order valence-corrected chi connectivity index (χ0v) is 9.83. The molecule has 5 heteroatoms. The second-order valence-electron chi connectivity index (χ2n) is 4.49. The molecule has 2 aliphatic rings. The van der Waals surface area contributed by atoms with Gasteiger partial charge in [0.25, 0.3) is 0 Å². The summed E-state index contributed by atoms with van der Waals surface area (Å²) in [6.07, 6.45) is 2.63. The van der Waals surface area contributed by atoms with Crippen LogP contribution in [0.5, 0.6) is 0 Å². The van der Waals surface area contributed by atoms with Gasteiger partial charge < -0.3 is 9.80 Å². The normalized spacial score (nSPS) is 23.4. The Labute approximate surface area is 93.9 Å². The molecule has 4 nitrogen and oxygen atoms in total. The molecule has 1 aromatic heterocycles. The van der Waals surface area contributed by atoms with Crippen LogP contribution >= 0.6 is 11.3 Å². The van der Waals surface area contributed by atoms with Gasteiger partial charge in [0.05, 0.1) is 0 Å². The van der Waals surface area contributed by atoms with Crippen molar-refractivity contribution in [1.82, 2.24) is 15.1 Å². The van der Waals surface area contributed by atoms with Gasteiger partial charge in [0.1, 0.15) is 5.01 Å². The summed E-state index contributed by atoms with van der Waals surface area (Å²) in [7, 11) is 2.17. The highest BCUT2D eigenvalue weighted by Crippen LogP contribution is 2.42. The molecule has 1 aliphatic heterocycles. The Bertz CT molecular complexity index is 339. The van der Waals surface area contributed by atoms with E-state index >= 15 is 0 Å². The first-order chi connectivity index (χ1) is 7.33. The zero-order valence-electron chi connectivity index (χ0n) is 9.02. The summed E-state index contributed by atoms with van der Waals surface area (Å²) in [5, 5.41) is 11.0. The summed E-state index contributed by atoms with van der Waals surface area (Å²) in [4.78, 5) is 4.73. The molecule has 2 fully saturated rings. The Morgan fingerprint density at radius 2 is 1.87 bits per heavy atom. The van der Waals surface area contributed by atoms with Crippen LogP contribution in [0.25, 0.3) is 0 Å². The predicted octanol–water partition coefficient (Wildman–Crippen LogP) is 1.17. The van der Waals surface area contributed by atoms with E-state index in [0.29, 0.717) is 0 Å². The molecule has 1 saturated heterocycles. The van der Waals surface area contributed by atoms with Gasteiger partial charge in [-0.15, -0.1) is 10.2 Å². The standard InChI is InChI=1S/C10H16N4S/c1-13-4-6-14(7-5-13)10-12-11-9(15-10)8-2-3-8/h8H,2-7H2,1H3. The number of hydrogen-bond donors (Lipinski definition) is 0. The van der Waals surface area contributed by atoms with Crippen LogP contribution in [-0.2, 0) is 0 Å². The Morgan fingerprint density at radius 1 is 1.13 bits per heavy atom. The van der Waals surface area contributed by atoms with Gasteiger partial charge in [-0.1, -0.05) is 11.3 Å². The maximum atomic E-state index is 4.30. The fourth-order valence-corrected chi connectivity index (χ4v) is 2.91. The molecular weight excluding hydrogens is 208 g/mol. The maximum Gasteiger partial charge on any atom is 0.208 e. The van der Waals surface area contributed by atoms with E-state index in [1.165, 1.54) is 17.8 Å². The van der Waals surface area contributed by atoms with Gasteiger partial charge in [-0.25, -0.2) is 0 Å². The largest absolute Gasteiger partial charge is 0.344 e. The molecular formula is C10H16N4S. The van der Waals surface area contributed by atoms with Crippen LogP contribution in [0, 0.1) is 0 Å². The molecule has 2 heterocycles. The predicted molar refractivity (Wildman–Crippen MR) is 61.6 cm³/mol. The lowest BCUT2D eigenvalue weighted by Crippen LogP contribution is -2.44. The Balaban J connectivity index is 1.69. The van der Waals surface area contributed by atoms with Crippen molar-refractivity contribution >= 4 is 16.5 Å². The van der Waals surface area contributed by atoms with E-state index < -0.39 is 0 Å². The minimum absolute atomic E-state index is 0.740. The zero-order chi connectivity index (χ0) is 10.3. The molecule has 0 amide bonds. The third-order valence-corrected chi connectivity index (χ3v) is 4.28. The van der Waals surface area contributed by atoms with E-state index in [1.54, 1.807) is 11.3 Å². The van der Waals surface area contributed by atoms with Gasteiger partial charge in [0.15, 0.2) is 0 Å². The molecule has 1 aromatic rings. The van der Waals surface area contributed by atoms with Crippen LogP contribution in [0.15, 0.2) is 0 Å². The minimum atomic E-state index is 0.740. The highest BCUT2D eigenvalue weighted by molar-refractivity contribution is 7.15. The number of rotatable bonds is 2. The van der Waals surface area contributed by atoms with Gasteiger partial charge in [0, 0.05) is 32.1 Å². The minimum Gasteiger partial charge on any atom is -0.344 e. The number of anilines is 1. The van der Waals surface area contributed by atoms with Crippen LogP contribution in [0.4, 0.5) is 5.13 Å². The third-order valence-electron chi connectivity index (χ3n) is 3.13. The smallest absolute Gasteiger partial charge is 0.208 e. The third kappa shape index (κ3) is 1.99. The van der Waals surface area contributed by atoms with Crippen LogP contribution in [-0.4, -0.2) is 48.3 Å². The highest BCUT2D eigenvalue weighted by atomic mass is 32.1. The fraction of sp³-hybridized carbons (Fsp3) is 0.800. The van der Waals surface area contributed by atoms with E-state index in [9.17, 15) is 0 Å².